The maximum Gasteiger partial charge on any atom is 0.266 e. The Bertz CT molecular complexity index is 1250. The Hall–Kier alpha value is -3.05. The molecule has 0 fully saturated rings. The topological polar surface area (TPSA) is 44.1 Å². The molecule has 0 spiro atoms. The van der Waals surface area contributed by atoms with Crippen molar-refractivity contribution in [2.45, 2.75) is 31.7 Å². The average molecular weight is 417 g/mol. The highest BCUT2D eigenvalue weighted by Crippen LogP contribution is 2.27. The molecule has 0 aliphatic rings. The molecule has 0 unspecified atom stereocenters. The molecule has 0 radical (unpaired) electrons. The first-order valence-electron chi connectivity index (χ1n) is 10.0. The molecule has 4 nitrogen and oxygen atoms in total. The second-order valence-corrected chi connectivity index (χ2v) is 8.14. The van der Waals surface area contributed by atoms with Crippen LogP contribution in [0, 0.1) is 13.8 Å². The van der Waals surface area contributed by atoms with Gasteiger partial charge in [-0.3, -0.25) is 9.36 Å². The predicted octanol–water partition coefficient (Wildman–Crippen LogP) is 5.69. The fraction of sp³-hybridized carbons (Fsp3) is 0.200. The molecule has 0 N–H and O–H groups in total. The molecule has 4 aromatic rings. The van der Waals surface area contributed by atoms with Gasteiger partial charge in [0.25, 0.3) is 5.56 Å². The van der Waals surface area contributed by atoms with Gasteiger partial charge in [-0.25, -0.2) is 4.98 Å². The third-order valence-electron chi connectivity index (χ3n) is 5.01. The molecule has 0 saturated carbocycles. The molecule has 0 bridgehead atoms. The lowest BCUT2D eigenvalue weighted by Crippen LogP contribution is -2.21. The van der Waals surface area contributed by atoms with Gasteiger partial charge in [-0.1, -0.05) is 47.7 Å². The summed E-state index contributed by atoms with van der Waals surface area (Å²) in [5.41, 5.74) is 5.16. The van der Waals surface area contributed by atoms with Gasteiger partial charge in [-0.2, -0.15) is 0 Å². The molecule has 152 valence electrons. The van der Waals surface area contributed by atoms with Crippen LogP contribution in [0.15, 0.2) is 76.7 Å². The van der Waals surface area contributed by atoms with Crippen LogP contribution in [0.5, 0.6) is 5.75 Å². The van der Waals surface area contributed by atoms with Crippen molar-refractivity contribution in [1.82, 2.24) is 9.55 Å². The minimum atomic E-state index is -0.0618. The fourth-order valence-electron chi connectivity index (χ4n) is 3.39. The fourth-order valence-corrected chi connectivity index (χ4v) is 4.47. The number of aromatic nitrogens is 2. The minimum Gasteiger partial charge on any atom is -0.494 e. The van der Waals surface area contributed by atoms with E-state index in [-0.39, 0.29) is 5.56 Å². The first kappa shape index (κ1) is 20.2. The smallest absolute Gasteiger partial charge is 0.266 e. The number of hydrogen-bond donors (Lipinski definition) is 0. The van der Waals surface area contributed by atoms with Crippen LogP contribution in [0.4, 0.5) is 0 Å². The number of aryl methyl sites for hydroxylation is 2. The Morgan fingerprint density at radius 1 is 1.00 bits per heavy atom. The Morgan fingerprint density at radius 2 is 1.77 bits per heavy atom. The monoisotopic (exact) mass is 416 g/mol. The zero-order valence-electron chi connectivity index (χ0n) is 17.4. The van der Waals surface area contributed by atoms with E-state index in [4.69, 9.17) is 9.72 Å². The zero-order chi connectivity index (χ0) is 21.1. The highest BCUT2D eigenvalue weighted by molar-refractivity contribution is 7.98. The number of ether oxygens (including phenoxy) is 1. The Balaban J connectivity index is 1.80. The Kier molecular flexibility index (Phi) is 5.91. The van der Waals surface area contributed by atoms with Gasteiger partial charge in [-0.15, -0.1) is 0 Å². The number of rotatable bonds is 6. The van der Waals surface area contributed by atoms with Crippen molar-refractivity contribution in [2.75, 3.05) is 6.61 Å². The molecule has 3 aromatic carbocycles. The lowest BCUT2D eigenvalue weighted by molar-refractivity contribution is 0.340. The lowest BCUT2D eigenvalue weighted by atomic mass is 10.1. The van der Waals surface area contributed by atoms with Crippen LogP contribution in [0.25, 0.3) is 16.6 Å². The van der Waals surface area contributed by atoms with E-state index in [0.717, 1.165) is 17.2 Å². The molecule has 1 aromatic heterocycles. The summed E-state index contributed by atoms with van der Waals surface area (Å²) in [5.74, 6) is 1.53. The summed E-state index contributed by atoms with van der Waals surface area (Å²) in [5, 5.41) is 1.30. The summed E-state index contributed by atoms with van der Waals surface area (Å²) < 4.78 is 7.25. The highest BCUT2D eigenvalue weighted by Gasteiger charge is 2.14. The summed E-state index contributed by atoms with van der Waals surface area (Å²) in [6, 6.07) is 21.5. The van der Waals surface area contributed by atoms with Crippen molar-refractivity contribution < 1.29 is 4.74 Å². The van der Waals surface area contributed by atoms with Gasteiger partial charge in [0.05, 0.1) is 23.2 Å². The third-order valence-corrected chi connectivity index (χ3v) is 6.00. The second-order valence-electron chi connectivity index (χ2n) is 7.20. The number of fused-ring (bicyclic) bond motifs is 1. The molecule has 0 saturated heterocycles. The van der Waals surface area contributed by atoms with Crippen molar-refractivity contribution in [3.63, 3.8) is 0 Å². The van der Waals surface area contributed by atoms with E-state index >= 15 is 0 Å². The Labute approximate surface area is 180 Å². The molecule has 5 heteroatoms. The third kappa shape index (κ3) is 4.12. The summed E-state index contributed by atoms with van der Waals surface area (Å²) in [6.07, 6.45) is 0. The number of para-hydroxylation sites is 1. The molecule has 0 aliphatic carbocycles. The summed E-state index contributed by atoms with van der Waals surface area (Å²) in [6.45, 7) is 6.77. The van der Waals surface area contributed by atoms with E-state index in [1.54, 1.807) is 16.3 Å². The quantitative estimate of drug-likeness (QED) is 0.299. The van der Waals surface area contributed by atoms with Gasteiger partial charge in [0.1, 0.15) is 5.75 Å². The first-order valence-corrected chi connectivity index (χ1v) is 11.0. The number of hydrogen-bond acceptors (Lipinski definition) is 4. The van der Waals surface area contributed by atoms with Crippen molar-refractivity contribution in [2.24, 2.45) is 0 Å². The minimum absolute atomic E-state index is 0.0618. The van der Waals surface area contributed by atoms with Gasteiger partial charge in [0.2, 0.25) is 0 Å². The predicted molar refractivity (Wildman–Crippen MR) is 124 cm³/mol. The molecule has 0 atom stereocenters. The number of thioether (sulfide) groups is 1. The molecule has 30 heavy (non-hydrogen) atoms. The van der Waals surface area contributed by atoms with Gasteiger partial charge in [0.15, 0.2) is 5.16 Å². The standard InChI is InChI=1S/C25H24N2O2S/c1-4-29-21-13-11-20(12-14-21)27-24(28)22-7-5-6-8-23(22)26-25(27)30-16-19-15-17(2)9-10-18(19)3/h5-15H,4,16H2,1-3H3. The van der Waals surface area contributed by atoms with Gasteiger partial charge < -0.3 is 4.74 Å². The maximum atomic E-state index is 13.4. The van der Waals surface area contributed by atoms with Gasteiger partial charge in [-0.05, 0) is 68.3 Å². The molecule has 0 aliphatic heterocycles. The van der Waals surface area contributed by atoms with Crippen LogP contribution < -0.4 is 10.3 Å². The van der Waals surface area contributed by atoms with E-state index in [1.165, 1.54) is 16.7 Å². The second kappa shape index (κ2) is 8.76. The average Bonchev–Trinajstić information content (AvgIpc) is 2.75. The molecule has 1 heterocycles. The maximum absolute atomic E-state index is 13.4. The lowest BCUT2D eigenvalue weighted by Gasteiger charge is -2.14. The van der Waals surface area contributed by atoms with Crippen LogP contribution in [-0.2, 0) is 5.75 Å². The normalized spacial score (nSPS) is 11.0. The Morgan fingerprint density at radius 3 is 2.53 bits per heavy atom. The van der Waals surface area contributed by atoms with Crippen LogP contribution in [0.1, 0.15) is 23.6 Å². The summed E-state index contributed by atoms with van der Waals surface area (Å²) >= 11 is 1.58. The van der Waals surface area contributed by atoms with Crippen LogP contribution >= 0.6 is 11.8 Å². The largest absolute Gasteiger partial charge is 0.494 e. The van der Waals surface area contributed by atoms with Crippen molar-refractivity contribution in [3.05, 3.63) is 93.8 Å². The highest BCUT2D eigenvalue weighted by atomic mass is 32.2. The van der Waals surface area contributed by atoms with E-state index < -0.39 is 0 Å². The summed E-state index contributed by atoms with van der Waals surface area (Å²) in [7, 11) is 0. The first-order chi connectivity index (χ1) is 14.6. The van der Waals surface area contributed by atoms with E-state index in [1.807, 2.05) is 55.5 Å². The van der Waals surface area contributed by atoms with Crippen molar-refractivity contribution in [1.29, 1.82) is 0 Å². The van der Waals surface area contributed by atoms with E-state index in [2.05, 4.69) is 32.0 Å². The zero-order valence-corrected chi connectivity index (χ0v) is 18.2. The van der Waals surface area contributed by atoms with Crippen molar-refractivity contribution in [3.8, 4) is 11.4 Å². The van der Waals surface area contributed by atoms with Gasteiger partial charge >= 0.3 is 0 Å². The van der Waals surface area contributed by atoms with E-state index in [9.17, 15) is 4.79 Å². The van der Waals surface area contributed by atoms with Crippen LogP contribution in [-0.4, -0.2) is 16.2 Å². The van der Waals surface area contributed by atoms with Crippen LogP contribution in [0.3, 0.4) is 0 Å². The van der Waals surface area contributed by atoms with Crippen molar-refractivity contribution >= 4 is 22.7 Å². The number of nitrogens with zero attached hydrogens (tertiary/aromatic N) is 2. The number of benzene rings is 3. The van der Waals surface area contributed by atoms with Crippen LogP contribution in [0.2, 0.25) is 0 Å². The SMILES string of the molecule is CCOc1ccc(-n2c(SCc3cc(C)ccc3C)nc3ccccc3c2=O)cc1. The summed E-state index contributed by atoms with van der Waals surface area (Å²) in [4.78, 5) is 18.2. The van der Waals surface area contributed by atoms with Gasteiger partial charge in [0, 0.05) is 5.75 Å². The molecular weight excluding hydrogens is 392 g/mol. The van der Waals surface area contributed by atoms with E-state index in [0.29, 0.717) is 22.7 Å². The molecule has 0 amide bonds. The molecule has 4 rings (SSSR count). The molecular formula is C25H24N2O2S.